The first-order chi connectivity index (χ1) is 17.4. The van der Waals surface area contributed by atoms with E-state index in [-0.39, 0.29) is 6.04 Å². The third-order valence-electron chi connectivity index (χ3n) is 8.06. The second-order valence-electron chi connectivity index (χ2n) is 10.4. The molecule has 3 aliphatic rings. The lowest BCUT2D eigenvalue weighted by Gasteiger charge is -2.52. The minimum absolute atomic E-state index is 0.0160. The average molecular weight is 501 g/mol. The molecule has 1 aromatic heterocycles. The van der Waals surface area contributed by atoms with E-state index in [0.29, 0.717) is 23.0 Å². The highest BCUT2D eigenvalue weighted by Gasteiger charge is 2.43. The maximum absolute atomic E-state index is 5.94. The quantitative estimate of drug-likeness (QED) is 0.315. The predicted molar refractivity (Wildman–Crippen MR) is 153 cm³/mol. The van der Waals surface area contributed by atoms with Crippen molar-refractivity contribution in [3.05, 3.63) is 77.5 Å². The van der Waals surface area contributed by atoms with E-state index >= 15 is 0 Å². The van der Waals surface area contributed by atoms with Gasteiger partial charge in [-0.2, -0.15) is 0 Å². The van der Waals surface area contributed by atoms with Gasteiger partial charge in [0.1, 0.15) is 5.75 Å². The SMILES string of the molecule is C=CC1CN2CCC1CC2[C@H](NC(=S)Nc1c(C)cc(C)cc1C)c1ccnc2ccc(OC)cc12. The number of methoxy groups -OCH3 is 1. The van der Waals surface area contributed by atoms with Crippen LogP contribution in [0.1, 0.15) is 41.1 Å². The van der Waals surface area contributed by atoms with Gasteiger partial charge in [-0.3, -0.25) is 9.88 Å². The summed E-state index contributed by atoms with van der Waals surface area (Å²) in [6, 6.07) is 13.0. The number of ether oxygens (including phenoxy) is 1. The van der Waals surface area contributed by atoms with E-state index in [4.69, 9.17) is 17.0 Å². The van der Waals surface area contributed by atoms with Crippen LogP contribution >= 0.6 is 12.2 Å². The molecule has 3 fully saturated rings. The van der Waals surface area contributed by atoms with Gasteiger partial charge in [-0.15, -0.1) is 6.58 Å². The number of aromatic nitrogens is 1. The Bertz CT molecular complexity index is 1280. The number of aryl methyl sites for hydroxylation is 3. The van der Waals surface area contributed by atoms with Crippen LogP contribution in [-0.2, 0) is 0 Å². The van der Waals surface area contributed by atoms with Crippen LogP contribution in [0.4, 0.5) is 5.69 Å². The number of thiocarbonyl (C=S) groups is 1. The highest BCUT2D eigenvalue weighted by molar-refractivity contribution is 7.80. The van der Waals surface area contributed by atoms with Crippen molar-refractivity contribution >= 4 is 33.9 Å². The van der Waals surface area contributed by atoms with Crippen molar-refractivity contribution in [3.8, 4) is 5.75 Å². The Kier molecular flexibility index (Phi) is 7.00. The third-order valence-corrected chi connectivity index (χ3v) is 8.28. The number of anilines is 1. The molecular formula is C30H36N4OS. The second kappa shape index (κ2) is 10.2. The van der Waals surface area contributed by atoms with Gasteiger partial charge in [-0.25, -0.2) is 0 Å². The molecule has 0 aliphatic carbocycles. The van der Waals surface area contributed by atoms with Crippen LogP contribution in [0, 0.1) is 32.6 Å². The summed E-state index contributed by atoms with van der Waals surface area (Å²) in [5, 5.41) is 9.02. The minimum atomic E-state index is 0.0160. The Morgan fingerprint density at radius 1 is 1.19 bits per heavy atom. The van der Waals surface area contributed by atoms with Crippen molar-refractivity contribution in [2.24, 2.45) is 11.8 Å². The fraction of sp³-hybridized carbons (Fsp3) is 0.400. The van der Waals surface area contributed by atoms with Crippen LogP contribution in [0.3, 0.4) is 0 Å². The molecule has 36 heavy (non-hydrogen) atoms. The fourth-order valence-electron chi connectivity index (χ4n) is 6.32. The summed E-state index contributed by atoms with van der Waals surface area (Å²) < 4.78 is 5.57. The Labute approximate surface area is 219 Å². The smallest absolute Gasteiger partial charge is 0.171 e. The molecule has 0 spiro atoms. The topological polar surface area (TPSA) is 49.4 Å². The van der Waals surface area contributed by atoms with Crippen molar-refractivity contribution in [1.82, 2.24) is 15.2 Å². The molecule has 5 atom stereocenters. The number of hydrogen-bond donors (Lipinski definition) is 2. The van der Waals surface area contributed by atoms with Gasteiger partial charge < -0.3 is 15.4 Å². The number of nitrogens with zero attached hydrogens (tertiary/aromatic N) is 2. The lowest BCUT2D eigenvalue weighted by Crippen LogP contribution is -2.57. The molecule has 3 saturated heterocycles. The van der Waals surface area contributed by atoms with Crippen molar-refractivity contribution in [1.29, 1.82) is 0 Å². The number of pyridine rings is 1. The van der Waals surface area contributed by atoms with Crippen LogP contribution in [0.15, 0.2) is 55.3 Å². The minimum Gasteiger partial charge on any atom is -0.497 e. The standard InChI is InChI=1S/C30H36N4OS/c1-6-21-17-34-12-10-22(21)15-27(34)29(24-9-11-31-26-8-7-23(35-5)16-25(24)26)33-30(36)32-28-19(3)13-18(2)14-20(28)4/h6-9,11,13-14,16,21-22,27,29H,1,10,12,15,17H2,2-5H3,(H2,32,33,36)/t21?,22?,27?,29-/m1/s1. The molecule has 3 aliphatic heterocycles. The molecule has 6 heteroatoms. The Morgan fingerprint density at radius 3 is 2.64 bits per heavy atom. The number of nitrogens with one attached hydrogen (secondary N) is 2. The maximum atomic E-state index is 5.94. The van der Waals surface area contributed by atoms with Crippen LogP contribution < -0.4 is 15.4 Å². The molecule has 3 aromatic rings. The van der Waals surface area contributed by atoms with Crippen LogP contribution in [0.25, 0.3) is 10.9 Å². The summed E-state index contributed by atoms with van der Waals surface area (Å²) in [5.74, 6) is 2.06. The maximum Gasteiger partial charge on any atom is 0.171 e. The van der Waals surface area contributed by atoms with Gasteiger partial charge in [-0.05, 0) is 105 Å². The van der Waals surface area contributed by atoms with Crippen molar-refractivity contribution < 1.29 is 4.74 Å². The second-order valence-corrected chi connectivity index (χ2v) is 10.8. The van der Waals surface area contributed by atoms with Crippen molar-refractivity contribution in [3.63, 3.8) is 0 Å². The van der Waals surface area contributed by atoms with E-state index in [9.17, 15) is 0 Å². The highest BCUT2D eigenvalue weighted by Crippen LogP contribution is 2.42. The van der Waals surface area contributed by atoms with Crippen molar-refractivity contribution in [2.75, 3.05) is 25.5 Å². The first-order valence-electron chi connectivity index (χ1n) is 12.8. The van der Waals surface area contributed by atoms with E-state index in [1.807, 2.05) is 18.3 Å². The van der Waals surface area contributed by atoms with Gasteiger partial charge >= 0.3 is 0 Å². The van der Waals surface area contributed by atoms with Crippen LogP contribution in [-0.4, -0.2) is 41.2 Å². The summed E-state index contributed by atoms with van der Waals surface area (Å²) in [7, 11) is 1.71. The molecule has 0 saturated carbocycles. The number of hydrogen-bond acceptors (Lipinski definition) is 4. The number of fused-ring (bicyclic) bond motifs is 4. The van der Waals surface area contributed by atoms with Gasteiger partial charge in [-0.1, -0.05) is 23.8 Å². The van der Waals surface area contributed by atoms with Crippen LogP contribution in [0.5, 0.6) is 5.75 Å². The lowest BCUT2D eigenvalue weighted by molar-refractivity contribution is 0.00443. The predicted octanol–water partition coefficient (Wildman–Crippen LogP) is 6.09. The molecule has 4 unspecified atom stereocenters. The van der Waals surface area contributed by atoms with Gasteiger partial charge in [0.05, 0.1) is 18.7 Å². The molecule has 2 N–H and O–H groups in total. The summed E-state index contributed by atoms with van der Waals surface area (Å²) in [4.78, 5) is 7.26. The summed E-state index contributed by atoms with van der Waals surface area (Å²) in [6.45, 7) is 12.7. The van der Waals surface area contributed by atoms with E-state index < -0.39 is 0 Å². The first kappa shape index (κ1) is 24.7. The summed E-state index contributed by atoms with van der Waals surface area (Å²) >= 11 is 5.94. The molecular weight excluding hydrogens is 464 g/mol. The molecule has 0 amide bonds. The molecule has 5 nitrogen and oxygen atoms in total. The van der Waals surface area contributed by atoms with Crippen LogP contribution in [0.2, 0.25) is 0 Å². The zero-order valence-corrected chi connectivity index (χ0v) is 22.5. The fourth-order valence-corrected chi connectivity index (χ4v) is 6.55. The Balaban J connectivity index is 1.52. The molecule has 6 rings (SSSR count). The van der Waals surface area contributed by atoms with Gasteiger partial charge in [0, 0.05) is 29.9 Å². The van der Waals surface area contributed by atoms with Gasteiger partial charge in [0.2, 0.25) is 0 Å². The van der Waals surface area contributed by atoms with E-state index in [2.05, 4.69) is 78.2 Å². The van der Waals surface area contributed by atoms with E-state index in [1.165, 1.54) is 28.7 Å². The first-order valence-corrected chi connectivity index (χ1v) is 13.2. The number of piperidine rings is 3. The molecule has 4 heterocycles. The summed E-state index contributed by atoms with van der Waals surface area (Å²) in [6.07, 6.45) is 6.41. The van der Waals surface area contributed by atoms with E-state index in [1.54, 1.807) is 7.11 Å². The van der Waals surface area contributed by atoms with Gasteiger partial charge in [0.25, 0.3) is 0 Å². The summed E-state index contributed by atoms with van der Waals surface area (Å²) in [5.41, 5.74) is 6.89. The molecule has 0 radical (unpaired) electrons. The monoisotopic (exact) mass is 500 g/mol. The molecule has 2 aromatic carbocycles. The van der Waals surface area contributed by atoms with Crippen molar-refractivity contribution in [2.45, 2.75) is 45.7 Å². The largest absolute Gasteiger partial charge is 0.497 e. The average Bonchev–Trinajstić information content (AvgIpc) is 2.89. The normalized spacial score (nSPS) is 23.8. The van der Waals surface area contributed by atoms with E-state index in [0.717, 1.165) is 41.9 Å². The lowest BCUT2D eigenvalue weighted by atomic mass is 9.73. The Hall–Kier alpha value is -2.96. The number of benzene rings is 2. The zero-order valence-electron chi connectivity index (χ0n) is 21.7. The molecule has 2 bridgehead atoms. The zero-order chi connectivity index (χ0) is 25.4. The number of rotatable bonds is 6. The molecule has 188 valence electrons. The third kappa shape index (κ3) is 4.72. The highest BCUT2D eigenvalue weighted by atomic mass is 32.1. The van der Waals surface area contributed by atoms with Gasteiger partial charge in [0.15, 0.2) is 5.11 Å². The Morgan fingerprint density at radius 2 is 1.97 bits per heavy atom.